The molecule has 2 atom stereocenters. The van der Waals surface area contributed by atoms with Gasteiger partial charge in [0.05, 0.1) is 24.5 Å². The van der Waals surface area contributed by atoms with E-state index >= 15 is 0 Å². The van der Waals surface area contributed by atoms with Crippen LogP contribution in [0, 0.1) is 11.3 Å². The highest BCUT2D eigenvalue weighted by Gasteiger charge is 2.63. The van der Waals surface area contributed by atoms with Crippen molar-refractivity contribution in [2.75, 3.05) is 13.2 Å². The molecule has 26 heavy (non-hydrogen) atoms. The molecule has 0 N–H and O–H groups in total. The fourth-order valence-electron chi connectivity index (χ4n) is 4.86. The number of carbonyl (C=O) groups is 2. The zero-order chi connectivity index (χ0) is 18.4. The van der Waals surface area contributed by atoms with Gasteiger partial charge in [-0.1, -0.05) is 24.4 Å². The molecule has 2 heterocycles. The van der Waals surface area contributed by atoms with Gasteiger partial charge in [-0.3, -0.25) is 9.59 Å². The molecule has 1 saturated heterocycles. The number of nitrogens with zero attached hydrogens (tertiary/aromatic N) is 2. The normalized spacial score (nSPS) is 30.8. The van der Waals surface area contributed by atoms with Gasteiger partial charge in [0.2, 0.25) is 5.28 Å². The van der Waals surface area contributed by atoms with Gasteiger partial charge in [-0.15, -0.1) is 0 Å². The summed E-state index contributed by atoms with van der Waals surface area (Å²) >= 11 is 11.7. The number of ether oxygens (including phenoxy) is 2. The van der Waals surface area contributed by atoms with E-state index in [0.717, 1.165) is 19.3 Å². The molecule has 6 nitrogen and oxygen atoms in total. The topological polar surface area (TPSA) is 78.4 Å². The summed E-state index contributed by atoms with van der Waals surface area (Å²) in [6, 6.07) is 1.36. The van der Waals surface area contributed by atoms with Gasteiger partial charge in [0, 0.05) is 12.5 Å². The predicted molar refractivity (Wildman–Crippen MR) is 94.3 cm³/mol. The van der Waals surface area contributed by atoms with Crippen LogP contribution in [0.5, 0.6) is 0 Å². The maximum Gasteiger partial charge on any atom is 0.224 e. The van der Waals surface area contributed by atoms with Crippen molar-refractivity contribution in [1.82, 2.24) is 9.97 Å². The van der Waals surface area contributed by atoms with Crippen molar-refractivity contribution >= 4 is 34.8 Å². The number of hydrogen-bond donors (Lipinski definition) is 0. The number of hydrogen-bond acceptors (Lipinski definition) is 6. The summed E-state index contributed by atoms with van der Waals surface area (Å²) in [5.41, 5.74) is -0.662. The monoisotopic (exact) mass is 398 g/mol. The minimum atomic E-state index is -0.873. The third-order valence-electron chi connectivity index (χ3n) is 5.96. The van der Waals surface area contributed by atoms with E-state index in [1.807, 2.05) is 0 Å². The Balaban J connectivity index is 1.68. The molecule has 0 aromatic carbocycles. The SMILES string of the molecule is O=C(c1cc(Cl)nc(Cl)n1)C1CCC[C@@]2(CCCCC23OCCO3)C1=O. The molecular formula is C18H20Cl2N2O4. The van der Waals surface area contributed by atoms with Crippen LogP contribution in [-0.4, -0.2) is 40.5 Å². The van der Waals surface area contributed by atoms with Crippen LogP contribution in [0.15, 0.2) is 6.07 Å². The smallest absolute Gasteiger partial charge is 0.224 e. The number of Topliss-reactive ketones (excluding diaryl/α,β-unsaturated/α-hetero) is 2. The lowest BCUT2D eigenvalue weighted by atomic mass is 9.57. The molecule has 0 amide bonds. The van der Waals surface area contributed by atoms with Crippen LogP contribution < -0.4 is 0 Å². The van der Waals surface area contributed by atoms with Crippen LogP contribution >= 0.6 is 23.2 Å². The van der Waals surface area contributed by atoms with E-state index in [-0.39, 0.29) is 27.7 Å². The van der Waals surface area contributed by atoms with Crippen molar-refractivity contribution in [2.45, 2.75) is 50.7 Å². The summed E-state index contributed by atoms with van der Waals surface area (Å²) in [5.74, 6) is -2.07. The highest BCUT2D eigenvalue weighted by Crippen LogP contribution is 2.56. The Morgan fingerprint density at radius 2 is 1.77 bits per heavy atom. The summed E-state index contributed by atoms with van der Waals surface area (Å²) in [4.78, 5) is 34.3. The van der Waals surface area contributed by atoms with Gasteiger partial charge in [-0.25, -0.2) is 9.97 Å². The molecule has 1 aliphatic heterocycles. The second-order valence-electron chi connectivity index (χ2n) is 7.26. The average Bonchev–Trinajstić information content (AvgIpc) is 3.08. The van der Waals surface area contributed by atoms with E-state index < -0.39 is 17.1 Å². The quantitative estimate of drug-likeness (QED) is 0.327. The van der Waals surface area contributed by atoms with Crippen LogP contribution in [0.25, 0.3) is 0 Å². The number of rotatable bonds is 2. The fraction of sp³-hybridized carbons (Fsp3) is 0.667. The van der Waals surface area contributed by atoms with Crippen molar-refractivity contribution in [2.24, 2.45) is 11.3 Å². The van der Waals surface area contributed by atoms with Gasteiger partial charge < -0.3 is 9.47 Å². The molecule has 8 heteroatoms. The van der Waals surface area contributed by atoms with Crippen LogP contribution in [0.1, 0.15) is 55.4 Å². The van der Waals surface area contributed by atoms with Gasteiger partial charge >= 0.3 is 0 Å². The lowest BCUT2D eigenvalue weighted by Gasteiger charge is -2.51. The standard InChI is InChI=1S/C18H20Cl2N2O4/c19-13-10-12(21-16(20)22-13)14(23)11-4-3-6-17(15(11)24)5-1-2-7-18(17)25-8-9-26-18/h10-11H,1-9H2/t11?,17-/m0/s1. The molecule has 3 aliphatic rings. The Kier molecular flexibility index (Phi) is 4.80. The lowest BCUT2D eigenvalue weighted by Crippen LogP contribution is -2.60. The Hall–Kier alpha value is -1.08. The fourth-order valence-corrected chi connectivity index (χ4v) is 5.27. The Morgan fingerprint density at radius 3 is 2.50 bits per heavy atom. The van der Waals surface area contributed by atoms with E-state index in [9.17, 15) is 9.59 Å². The lowest BCUT2D eigenvalue weighted by molar-refractivity contribution is -0.255. The molecule has 4 rings (SSSR count). The van der Waals surface area contributed by atoms with E-state index in [0.29, 0.717) is 38.9 Å². The predicted octanol–water partition coefficient (Wildman–Crippen LogP) is 3.64. The van der Waals surface area contributed by atoms with Crippen molar-refractivity contribution in [3.63, 3.8) is 0 Å². The summed E-state index contributed by atoms with van der Waals surface area (Å²) in [5, 5.41) is -0.0154. The van der Waals surface area contributed by atoms with E-state index in [2.05, 4.69) is 9.97 Å². The van der Waals surface area contributed by atoms with Crippen LogP contribution in [0.3, 0.4) is 0 Å². The molecule has 2 aliphatic carbocycles. The number of ketones is 2. The molecular weight excluding hydrogens is 379 g/mol. The summed E-state index contributed by atoms with van der Waals surface area (Å²) in [6.07, 6.45) is 5.25. The second kappa shape index (κ2) is 6.82. The molecule has 1 aromatic heterocycles. The maximum atomic E-state index is 13.6. The zero-order valence-electron chi connectivity index (χ0n) is 14.3. The molecule has 2 spiro atoms. The molecule has 0 radical (unpaired) electrons. The summed E-state index contributed by atoms with van der Waals surface area (Å²) < 4.78 is 12.0. The summed E-state index contributed by atoms with van der Waals surface area (Å²) in [6.45, 7) is 0.982. The average molecular weight is 399 g/mol. The maximum absolute atomic E-state index is 13.6. The van der Waals surface area contributed by atoms with E-state index in [4.69, 9.17) is 32.7 Å². The number of fused-ring (bicyclic) bond motifs is 1. The third-order valence-corrected chi connectivity index (χ3v) is 6.33. The first-order chi connectivity index (χ1) is 12.5. The minimum Gasteiger partial charge on any atom is -0.346 e. The first kappa shape index (κ1) is 18.3. The van der Waals surface area contributed by atoms with Crippen molar-refractivity contribution in [1.29, 1.82) is 0 Å². The summed E-state index contributed by atoms with van der Waals surface area (Å²) in [7, 11) is 0. The Bertz CT molecular complexity index is 726. The molecule has 3 fully saturated rings. The molecule has 140 valence electrons. The first-order valence-corrected chi connectivity index (χ1v) is 9.80. The highest BCUT2D eigenvalue weighted by atomic mass is 35.5. The van der Waals surface area contributed by atoms with E-state index in [1.54, 1.807) is 0 Å². The van der Waals surface area contributed by atoms with Gasteiger partial charge in [0.25, 0.3) is 0 Å². The van der Waals surface area contributed by atoms with Crippen LogP contribution in [-0.2, 0) is 14.3 Å². The number of aromatic nitrogens is 2. The second-order valence-corrected chi connectivity index (χ2v) is 7.98. The van der Waals surface area contributed by atoms with Crippen molar-refractivity contribution in [3.8, 4) is 0 Å². The van der Waals surface area contributed by atoms with Crippen molar-refractivity contribution in [3.05, 3.63) is 22.2 Å². The van der Waals surface area contributed by atoms with Gasteiger partial charge in [0.15, 0.2) is 17.4 Å². The third kappa shape index (κ3) is 2.78. The van der Waals surface area contributed by atoms with Crippen molar-refractivity contribution < 1.29 is 19.1 Å². The van der Waals surface area contributed by atoms with Gasteiger partial charge in [0.1, 0.15) is 10.8 Å². The largest absolute Gasteiger partial charge is 0.346 e. The zero-order valence-corrected chi connectivity index (χ0v) is 15.8. The number of halogens is 2. The molecule has 2 saturated carbocycles. The minimum absolute atomic E-state index is 0.0822. The van der Waals surface area contributed by atoms with Crippen LogP contribution in [0.2, 0.25) is 10.4 Å². The number of carbonyl (C=O) groups excluding carboxylic acids is 2. The highest BCUT2D eigenvalue weighted by molar-refractivity contribution is 6.32. The van der Waals surface area contributed by atoms with Gasteiger partial charge in [-0.2, -0.15) is 0 Å². The Labute approximate surface area is 161 Å². The molecule has 1 unspecified atom stereocenters. The van der Waals surface area contributed by atoms with E-state index in [1.165, 1.54) is 6.07 Å². The first-order valence-electron chi connectivity index (χ1n) is 9.04. The van der Waals surface area contributed by atoms with Gasteiger partial charge in [-0.05, 0) is 37.3 Å². The Morgan fingerprint density at radius 1 is 1.08 bits per heavy atom. The molecule has 1 aromatic rings. The molecule has 0 bridgehead atoms. The van der Waals surface area contributed by atoms with Crippen LogP contribution in [0.4, 0.5) is 0 Å².